The molecule has 0 radical (unpaired) electrons. The molecular weight excluding hydrogens is 214 g/mol. The second kappa shape index (κ2) is 5.82. The first-order chi connectivity index (χ1) is 8.31. The molecule has 1 aromatic rings. The van der Waals surface area contributed by atoms with E-state index < -0.39 is 0 Å². The van der Waals surface area contributed by atoms with Gasteiger partial charge in [-0.2, -0.15) is 0 Å². The van der Waals surface area contributed by atoms with Gasteiger partial charge in [-0.25, -0.2) is 15.8 Å². The molecule has 1 aromatic heterocycles. The van der Waals surface area contributed by atoms with Gasteiger partial charge in [0.05, 0.1) is 0 Å². The minimum atomic E-state index is 0.668. The van der Waals surface area contributed by atoms with Crippen molar-refractivity contribution in [3.05, 3.63) is 11.9 Å². The molecule has 1 aliphatic carbocycles. The molecule has 0 aromatic carbocycles. The summed E-state index contributed by atoms with van der Waals surface area (Å²) in [6.07, 6.45) is 6.21. The molecule has 1 heterocycles. The molecule has 0 saturated heterocycles. The van der Waals surface area contributed by atoms with Crippen LogP contribution in [0, 0.1) is 5.92 Å². The molecular formula is C12H21N5. The fourth-order valence-corrected chi connectivity index (χ4v) is 1.83. The lowest BCUT2D eigenvalue weighted by Crippen LogP contribution is -2.12. The number of hydrogen-bond donors (Lipinski definition) is 3. The third-order valence-corrected chi connectivity index (χ3v) is 3.03. The molecule has 1 aliphatic rings. The fourth-order valence-electron chi connectivity index (χ4n) is 1.83. The van der Waals surface area contributed by atoms with Gasteiger partial charge in [0.15, 0.2) is 0 Å². The van der Waals surface area contributed by atoms with Crippen LogP contribution in [0.2, 0.25) is 0 Å². The van der Waals surface area contributed by atoms with Crippen molar-refractivity contribution in [2.75, 3.05) is 17.3 Å². The zero-order chi connectivity index (χ0) is 12.1. The Morgan fingerprint density at radius 3 is 2.76 bits per heavy atom. The topological polar surface area (TPSA) is 75.9 Å². The second-order valence-corrected chi connectivity index (χ2v) is 4.56. The van der Waals surface area contributed by atoms with Crippen molar-refractivity contribution in [1.82, 2.24) is 9.97 Å². The van der Waals surface area contributed by atoms with Gasteiger partial charge < -0.3 is 10.7 Å². The van der Waals surface area contributed by atoms with Gasteiger partial charge in [0.2, 0.25) is 0 Å². The number of anilines is 2. The van der Waals surface area contributed by atoms with Gasteiger partial charge in [0.25, 0.3) is 0 Å². The number of hydrazine groups is 1. The lowest BCUT2D eigenvalue weighted by atomic mass is 10.2. The first-order valence-electron chi connectivity index (χ1n) is 6.40. The number of hydrogen-bond acceptors (Lipinski definition) is 5. The van der Waals surface area contributed by atoms with Crippen LogP contribution in [0.4, 0.5) is 11.6 Å². The molecule has 5 heteroatoms. The summed E-state index contributed by atoms with van der Waals surface area (Å²) >= 11 is 0. The Morgan fingerprint density at radius 2 is 2.12 bits per heavy atom. The van der Waals surface area contributed by atoms with E-state index >= 15 is 0 Å². The van der Waals surface area contributed by atoms with Crippen molar-refractivity contribution in [3.8, 4) is 0 Å². The molecule has 0 atom stereocenters. The van der Waals surface area contributed by atoms with Gasteiger partial charge >= 0.3 is 0 Å². The molecule has 1 saturated carbocycles. The Bertz CT molecular complexity index is 340. The lowest BCUT2D eigenvalue weighted by molar-refractivity contribution is 0.686. The maximum atomic E-state index is 5.38. The fraction of sp³-hybridized carbons (Fsp3) is 0.667. The molecule has 1 fully saturated rings. The van der Waals surface area contributed by atoms with E-state index in [1.54, 1.807) is 0 Å². The van der Waals surface area contributed by atoms with Crippen LogP contribution in [-0.4, -0.2) is 16.5 Å². The largest absolute Gasteiger partial charge is 0.370 e. The summed E-state index contributed by atoms with van der Waals surface area (Å²) in [7, 11) is 0. The van der Waals surface area contributed by atoms with Crippen molar-refractivity contribution in [2.24, 2.45) is 11.8 Å². The van der Waals surface area contributed by atoms with E-state index in [0.717, 1.165) is 30.5 Å². The molecule has 0 amide bonds. The van der Waals surface area contributed by atoms with Crippen molar-refractivity contribution < 1.29 is 0 Å². The van der Waals surface area contributed by atoms with E-state index in [1.165, 1.54) is 25.7 Å². The molecule has 0 aliphatic heterocycles. The molecule has 5 nitrogen and oxygen atoms in total. The summed E-state index contributed by atoms with van der Waals surface area (Å²) in [6, 6.07) is 1.84. The van der Waals surface area contributed by atoms with E-state index in [0.29, 0.717) is 5.82 Å². The molecule has 94 valence electrons. The van der Waals surface area contributed by atoms with Gasteiger partial charge in [0.1, 0.15) is 17.5 Å². The number of nitrogens with two attached hydrogens (primary N) is 1. The van der Waals surface area contributed by atoms with Gasteiger partial charge in [-0.3, -0.25) is 0 Å². The highest BCUT2D eigenvalue weighted by Gasteiger charge is 2.19. The Morgan fingerprint density at radius 1 is 1.35 bits per heavy atom. The highest BCUT2D eigenvalue weighted by atomic mass is 15.3. The minimum absolute atomic E-state index is 0.668. The number of nitrogens with one attached hydrogen (secondary N) is 2. The Kier molecular flexibility index (Phi) is 4.14. The summed E-state index contributed by atoms with van der Waals surface area (Å²) < 4.78 is 0. The predicted molar refractivity (Wildman–Crippen MR) is 69.7 cm³/mol. The number of aromatic nitrogens is 2. The van der Waals surface area contributed by atoms with Crippen LogP contribution in [0.3, 0.4) is 0 Å². The van der Waals surface area contributed by atoms with Gasteiger partial charge in [-0.05, 0) is 18.8 Å². The monoisotopic (exact) mass is 235 g/mol. The summed E-state index contributed by atoms with van der Waals surface area (Å²) in [5, 5.41) is 3.33. The Labute approximate surface area is 102 Å². The van der Waals surface area contributed by atoms with E-state index in [2.05, 4.69) is 20.7 Å². The summed E-state index contributed by atoms with van der Waals surface area (Å²) in [5.74, 6) is 8.71. The molecule has 0 bridgehead atoms. The third kappa shape index (κ3) is 3.85. The van der Waals surface area contributed by atoms with Gasteiger partial charge in [-0.15, -0.1) is 0 Å². The highest BCUT2D eigenvalue weighted by Crippen LogP contribution is 2.33. The van der Waals surface area contributed by atoms with E-state index in [9.17, 15) is 0 Å². The van der Waals surface area contributed by atoms with Crippen LogP contribution in [0.1, 0.15) is 38.4 Å². The van der Waals surface area contributed by atoms with Crippen LogP contribution >= 0.6 is 0 Å². The van der Waals surface area contributed by atoms with Gasteiger partial charge in [0, 0.05) is 19.0 Å². The SMILES string of the molecule is CCc1nc(NN)cc(NCCCC2CC2)n1. The molecule has 0 unspecified atom stereocenters. The zero-order valence-electron chi connectivity index (χ0n) is 10.4. The van der Waals surface area contributed by atoms with E-state index in [4.69, 9.17) is 5.84 Å². The first kappa shape index (κ1) is 12.1. The second-order valence-electron chi connectivity index (χ2n) is 4.56. The number of aryl methyl sites for hydroxylation is 1. The zero-order valence-corrected chi connectivity index (χ0v) is 10.4. The average molecular weight is 235 g/mol. The average Bonchev–Trinajstić information content (AvgIpc) is 3.18. The van der Waals surface area contributed by atoms with Crippen LogP contribution in [0.25, 0.3) is 0 Å². The van der Waals surface area contributed by atoms with Crippen LogP contribution < -0.4 is 16.6 Å². The predicted octanol–water partition coefficient (Wildman–Crippen LogP) is 1.93. The van der Waals surface area contributed by atoms with Crippen molar-refractivity contribution in [3.63, 3.8) is 0 Å². The van der Waals surface area contributed by atoms with Gasteiger partial charge in [-0.1, -0.05) is 19.8 Å². The van der Waals surface area contributed by atoms with Crippen molar-refractivity contribution >= 4 is 11.6 Å². The minimum Gasteiger partial charge on any atom is -0.370 e. The van der Waals surface area contributed by atoms with E-state index in [1.807, 2.05) is 13.0 Å². The normalized spacial score (nSPS) is 14.7. The number of nitrogen functional groups attached to an aromatic ring is 1. The quantitative estimate of drug-likeness (QED) is 0.382. The summed E-state index contributed by atoms with van der Waals surface area (Å²) in [4.78, 5) is 8.66. The smallest absolute Gasteiger partial charge is 0.145 e. The molecule has 17 heavy (non-hydrogen) atoms. The first-order valence-corrected chi connectivity index (χ1v) is 6.40. The summed E-state index contributed by atoms with van der Waals surface area (Å²) in [5.41, 5.74) is 2.57. The van der Waals surface area contributed by atoms with Crippen LogP contribution in [-0.2, 0) is 6.42 Å². The lowest BCUT2D eigenvalue weighted by Gasteiger charge is -2.08. The Hall–Kier alpha value is -1.36. The van der Waals surface area contributed by atoms with Crippen LogP contribution in [0.15, 0.2) is 6.07 Å². The maximum absolute atomic E-state index is 5.38. The summed E-state index contributed by atoms with van der Waals surface area (Å²) in [6.45, 7) is 3.01. The molecule has 2 rings (SSSR count). The maximum Gasteiger partial charge on any atom is 0.145 e. The van der Waals surface area contributed by atoms with Crippen molar-refractivity contribution in [1.29, 1.82) is 0 Å². The Balaban J connectivity index is 1.84. The standard InChI is InChI=1S/C12H21N5/c1-2-10-15-11(8-12(16-10)17-13)14-7-3-4-9-5-6-9/h8-9H,2-7,13H2,1H3,(H2,14,15,16,17). The number of rotatable bonds is 7. The molecule has 4 N–H and O–H groups in total. The highest BCUT2D eigenvalue weighted by molar-refractivity contribution is 5.46. The van der Waals surface area contributed by atoms with Crippen LogP contribution in [0.5, 0.6) is 0 Å². The third-order valence-electron chi connectivity index (χ3n) is 3.03. The number of nitrogens with zero attached hydrogens (tertiary/aromatic N) is 2. The molecule has 0 spiro atoms. The van der Waals surface area contributed by atoms with E-state index in [-0.39, 0.29) is 0 Å². The van der Waals surface area contributed by atoms with Crippen molar-refractivity contribution in [2.45, 2.75) is 39.0 Å².